The number of carbonyl (C=O) groups excluding carboxylic acids is 1. The van der Waals surface area contributed by atoms with Crippen LogP contribution in [0.25, 0.3) is 10.8 Å². The fourth-order valence-electron chi connectivity index (χ4n) is 2.99. The molecule has 1 aliphatic carbocycles. The molecule has 1 aliphatic rings. The summed E-state index contributed by atoms with van der Waals surface area (Å²) < 4.78 is 0. The van der Waals surface area contributed by atoms with Gasteiger partial charge in [-0.15, -0.1) is 5.10 Å². The Hall–Kier alpha value is -2.34. The lowest BCUT2D eigenvalue weighted by atomic mass is 10.1. The molecule has 2 aromatic carbocycles. The van der Waals surface area contributed by atoms with Crippen LogP contribution < -0.4 is 4.90 Å². The third kappa shape index (κ3) is 3.39. The molecule has 0 saturated heterocycles. The van der Waals surface area contributed by atoms with Crippen molar-refractivity contribution in [1.82, 2.24) is 15.2 Å². The second-order valence-corrected chi connectivity index (χ2v) is 7.14. The van der Waals surface area contributed by atoms with Crippen LogP contribution in [0.3, 0.4) is 0 Å². The van der Waals surface area contributed by atoms with Gasteiger partial charge in [0.15, 0.2) is 0 Å². The average molecular weight is 352 g/mol. The first-order valence-electron chi connectivity index (χ1n) is 8.59. The van der Waals surface area contributed by atoms with Gasteiger partial charge in [-0.1, -0.05) is 48.2 Å². The standard InChI is InChI=1S/C19H20N4OS/c1-2-23(16-9-5-7-13-6-3-4-8-15(13)16)17(24)12-25-19-20-18(21-22-19)14-10-11-14/h3-9,14H,2,10-12H2,1H3,(H,20,21,22). The van der Waals surface area contributed by atoms with E-state index < -0.39 is 0 Å². The fourth-order valence-corrected chi connectivity index (χ4v) is 3.67. The van der Waals surface area contributed by atoms with Crippen molar-refractivity contribution in [3.8, 4) is 0 Å². The van der Waals surface area contributed by atoms with Crippen LogP contribution in [-0.4, -0.2) is 33.4 Å². The fraction of sp³-hybridized carbons (Fsp3) is 0.316. The van der Waals surface area contributed by atoms with E-state index in [9.17, 15) is 4.79 Å². The molecule has 0 spiro atoms. The van der Waals surface area contributed by atoms with Crippen LogP contribution in [0.15, 0.2) is 47.6 Å². The Morgan fingerprint density at radius 1 is 1.24 bits per heavy atom. The molecule has 6 heteroatoms. The zero-order valence-corrected chi connectivity index (χ0v) is 14.9. The zero-order valence-electron chi connectivity index (χ0n) is 14.1. The highest BCUT2D eigenvalue weighted by Crippen LogP contribution is 2.38. The number of nitrogens with one attached hydrogen (secondary N) is 1. The predicted molar refractivity (Wildman–Crippen MR) is 101 cm³/mol. The molecule has 1 amide bonds. The molecule has 1 saturated carbocycles. The van der Waals surface area contributed by atoms with Gasteiger partial charge in [-0.25, -0.2) is 4.98 Å². The molecular weight excluding hydrogens is 332 g/mol. The molecule has 5 nitrogen and oxygen atoms in total. The minimum Gasteiger partial charge on any atom is -0.311 e. The Labute approximate surface area is 150 Å². The number of hydrogen-bond donors (Lipinski definition) is 1. The van der Waals surface area contributed by atoms with Gasteiger partial charge in [0.2, 0.25) is 11.1 Å². The lowest BCUT2D eigenvalue weighted by molar-refractivity contribution is -0.116. The van der Waals surface area contributed by atoms with E-state index in [0.29, 0.717) is 23.4 Å². The summed E-state index contributed by atoms with van der Waals surface area (Å²) in [6.45, 7) is 2.64. The lowest BCUT2D eigenvalue weighted by Gasteiger charge is -2.22. The summed E-state index contributed by atoms with van der Waals surface area (Å²) in [5.74, 6) is 1.90. The molecule has 0 aliphatic heterocycles. The summed E-state index contributed by atoms with van der Waals surface area (Å²) >= 11 is 1.39. The van der Waals surface area contributed by atoms with E-state index in [4.69, 9.17) is 0 Å². The highest BCUT2D eigenvalue weighted by atomic mass is 32.2. The topological polar surface area (TPSA) is 61.9 Å². The summed E-state index contributed by atoms with van der Waals surface area (Å²) in [7, 11) is 0. The number of aromatic nitrogens is 3. The largest absolute Gasteiger partial charge is 0.311 e. The van der Waals surface area contributed by atoms with E-state index in [-0.39, 0.29) is 5.91 Å². The van der Waals surface area contributed by atoms with Crippen LogP contribution >= 0.6 is 11.8 Å². The molecule has 1 aromatic heterocycles. The smallest absolute Gasteiger partial charge is 0.237 e. The maximum Gasteiger partial charge on any atom is 0.237 e. The van der Waals surface area contributed by atoms with Crippen molar-refractivity contribution in [2.75, 3.05) is 17.2 Å². The van der Waals surface area contributed by atoms with Crippen molar-refractivity contribution >= 4 is 34.1 Å². The number of H-pyrrole nitrogens is 1. The molecule has 3 aromatic rings. The van der Waals surface area contributed by atoms with Crippen LogP contribution in [0.2, 0.25) is 0 Å². The zero-order chi connectivity index (χ0) is 17.2. The molecule has 25 heavy (non-hydrogen) atoms. The number of thioether (sulfide) groups is 1. The van der Waals surface area contributed by atoms with E-state index in [0.717, 1.165) is 22.3 Å². The van der Waals surface area contributed by atoms with Gasteiger partial charge in [-0.3, -0.25) is 9.89 Å². The van der Waals surface area contributed by atoms with Gasteiger partial charge >= 0.3 is 0 Å². The Morgan fingerprint density at radius 3 is 2.84 bits per heavy atom. The predicted octanol–water partition coefficient (Wildman–Crippen LogP) is 3.98. The van der Waals surface area contributed by atoms with E-state index in [1.54, 1.807) is 0 Å². The van der Waals surface area contributed by atoms with Gasteiger partial charge in [0.25, 0.3) is 0 Å². The normalized spacial score (nSPS) is 14.0. The van der Waals surface area contributed by atoms with E-state index in [2.05, 4.69) is 33.4 Å². The molecule has 0 atom stereocenters. The first-order valence-corrected chi connectivity index (χ1v) is 9.58. The van der Waals surface area contributed by atoms with Gasteiger partial charge in [0.05, 0.1) is 11.4 Å². The Balaban J connectivity index is 1.50. The van der Waals surface area contributed by atoms with Crippen molar-refractivity contribution in [2.24, 2.45) is 0 Å². The molecule has 1 fully saturated rings. The monoisotopic (exact) mass is 352 g/mol. The van der Waals surface area contributed by atoms with E-state index >= 15 is 0 Å². The minimum atomic E-state index is 0.0709. The molecular formula is C19H20N4OS. The molecule has 0 bridgehead atoms. The molecule has 4 rings (SSSR count). The summed E-state index contributed by atoms with van der Waals surface area (Å²) in [4.78, 5) is 19.1. The van der Waals surface area contributed by atoms with Gasteiger partial charge in [-0.05, 0) is 31.2 Å². The number of anilines is 1. The van der Waals surface area contributed by atoms with Gasteiger partial charge in [-0.2, -0.15) is 0 Å². The van der Waals surface area contributed by atoms with Crippen LogP contribution in [0, 0.1) is 0 Å². The van der Waals surface area contributed by atoms with Gasteiger partial charge < -0.3 is 4.90 Å². The minimum absolute atomic E-state index is 0.0709. The van der Waals surface area contributed by atoms with Crippen molar-refractivity contribution in [3.63, 3.8) is 0 Å². The van der Waals surface area contributed by atoms with Crippen LogP contribution in [0.4, 0.5) is 5.69 Å². The molecule has 0 radical (unpaired) electrons. The number of rotatable bonds is 6. The maximum absolute atomic E-state index is 12.8. The Morgan fingerprint density at radius 2 is 2.04 bits per heavy atom. The second kappa shape index (κ2) is 6.88. The summed E-state index contributed by atoms with van der Waals surface area (Å²) in [5, 5.41) is 10.1. The third-order valence-corrected chi connectivity index (χ3v) is 5.28. The first-order chi connectivity index (χ1) is 12.3. The number of aromatic amines is 1. The molecule has 1 N–H and O–H groups in total. The number of fused-ring (bicyclic) bond motifs is 1. The Kier molecular flexibility index (Phi) is 4.44. The lowest BCUT2D eigenvalue weighted by Crippen LogP contribution is -2.32. The highest BCUT2D eigenvalue weighted by Gasteiger charge is 2.27. The molecule has 1 heterocycles. The van der Waals surface area contributed by atoms with Crippen molar-refractivity contribution in [2.45, 2.75) is 30.8 Å². The molecule has 0 unspecified atom stereocenters. The van der Waals surface area contributed by atoms with Gasteiger partial charge in [0, 0.05) is 17.8 Å². The van der Waals surface area contributed by atoms with Crippen molar-refractivity contribution < 1.29 is 4.79 Å². The van der Waals surface area contributed by atoms with Crippen LogP contribution in [0.5, 0.6) is 0 Å². The SMILES string of the molecule is CCN(C(=O)CSc1n[nH]c(C2CC2)n1)c1cccc2ccccc12. The highest BCUT2D eigenvalue weighted by molar-refractivity contribution is 7.99. The Bertz CT molecular complexity index is 898. The van der Waals surface area contributed by atoms with E-state index in [1.165, 1.54) is 24.6 Å². The maximum atomic E-state index is 12.8. The van der Waals surface area contributed by atoms with Crippen molar-refractivity contribution in [1.29, 1.82) is 0 Å². The van der Waals surface area contributed by atoms with Gasteiger partial charge in [0.1, 0.15) is 5.82 Å². The summed E-state index contributed by atoms with van der Waals surface area (Å²) in [5.41, 5.74) is 0.958. The number of hydrogen-bond acceptors (Lipinski definition) is 4. The van der Waals surface area contributed by atoms with Crippen LogP contribution in [-0.2, 0) is 4.79 Å². The van der Waals surface area contributed by atoms with Crippen LogP contribution in [0.1, 0.15) is 31.5 Å². The average Bonchev–Trinajstić information content (AvgIpc) is 3.39. The summed E-state index contributed by atoms with van der Waals surface area (Å²) in [6, 6.07) is 14.2. The first kappa shape index (κ1) is 16.1. The number of benzene rings is 2. The van der Waals surface area contributed by atoms with Crippen molar-refractivity contribution in [3.05, 3.63) is 48.3 Å². The second-order valence-electron chi connectivity index (χ2n) is 6.20. The molecule has 128 valence electrons. The number of nitrogens with zero attached hydrogens (tertiary/aromatic N) is 3. The quantitative estimate of drug-likeness (QED) is 0.682. The number of carbonyl (C=O) groups is 1. The number of amides is 1. The third-order valence-electron chi connectivity index (χ3n) is 4.45. The van der Waals surface area contributed by atoms with E-state index in [1.807, 2.05) is 36.1 Å². The summed E-state index contributed by atoms with van der Waals surface area (Å²) in [6.07, 6.45) is 2.37.